The first-order chi connectivity index (χ1) is 7.97. The summed E-state index contributed by atoms with van der Waals surface area (Å²) in [7, 11) is -3.48. The highest BCUT2D eigenvalue weighted by molar-refractivity contribution is 7.89. The van der Waals surface area contributed by atoms with Crippen molar-refractivity contribution in [1.29, 1.82) is 0 Å². The number of sulfonamides is 1. The van der Waals surface area contributed by atoms with Crippen molar-refractivity contribution in [2.24, 2.45) is 0 Å². The minimum atomic E-state index is -3.48. The molecule has 0 saturated heterocycles. The van der Waals surface area contributed by atoms with Gasteiger partial charge in [-0.15, -0.1) is 0 Å². The van der Waals surface area contributed by atoms with Crippen LogP contribution in [0.1, 0.15) is 31.7 Å². The first-order valence-electron chi connectivity index (χ1n) is 5.50. The fourth-order valence-electron chi connectivity index (χ4n) is 1.37. The maximum atomic E-state index is 11.8. The van der Waals surface area contributed by atoms with Crippen LogP contribution in [0.4, 0.5) is 0 Å². The molecule has 1 aromatic carbocycles. The third-order valence-electron chi connectivity index (χ3n) is 2.41. The first-order valence-corrected chi connectivity index (χ1v) is 6.99. The predicted molar refractivity (Wildman–Crippen MR) is 66.4 cm³/mol. The molecule has 0 heterocycles. The third-order valence-corrected chi connectivity index (χ3v) is 3.89. The summed E-state index contributed by atoms with van der Waals surface area (Å²) in [5, 5.41) is 0. The van der Waals surface area contributed by atoms with Crippen molar-refractivity contribution in [3.8, 4) is 0 Å². The van der Waals surface area contributed by atoms with Crippen LogP contribution in [-0.4, -0.2) is 21.2 Å². The first kappa shape index (κ1) is 13.9. The van der Waals surface area contributed by atoms with E-state index in [9.17, 15) is 13.2 Å². The SMILES string of the molecule is CC(C)c1ccc(S(=O)(=O)NCCC=O)cc1. The number of hydrogen-bond donors (Lipinski definition) is 1. The fourth-order valence-corrected chi connectivity index (χ4v) is 2.42. The number of nitrogens with one attached hydrogen (secondary N) is 1. The molecule has 0 bridgehead atoms. The Morgan fingerprint density at radius 2 is 1.82 bits per heavy atom. The van der Waals surface area contributed by atoms with Gasteiger partial charge in [0.2, 0.25) is 10.0 Å². The molecule has 1 N–H and O–H groups in total. The zero-order valence-corrected chi connectivity index (χ0v) is 10.8. The van der Waals surface area contributed by atoms with Crippen molar-refractivity contribution in [3.05, 3.63) is 29.8 Å². The standard InChI is InChI=1S/C12H17NO3S/c1-10(2)11-4-6-12(7-5-11)17(15,16)13-8-3-9-14/h4-7,9-10,13H,3,8H2,1-2H3. The molecule has 0 fully saturated rings. The highest BCUT2D eigenvalue weighted by Crippen LogP contribution is 2.17. The molecule has 5 heteroatoms. The van der Waals surface area contributed by atoms with Gasteiger partial charge in [0, 0.05) is 13.0 Å². The van der Waals surface area contributed by atoms with Crippen molar-refractivity contribution >= 4 is 16.3 Å². The second-order valence-corrected chi connectivity index (χ2v) is 5.84. The average Bonchev–Trinajstić information content (AvgIpc) is 2.29. The number of carbonyl (C=O) groups is 1. The van der Waals surface area contributed by atoms with E-state index in [4.69, 9.17) is 0 Å². The van der Waals surface area contributed by atoms with Crippen molar-refractivity contribution < 1.29 is 13.2 Å². The molecule has 1 aromatic rings. The van der Waals surface area contributed by atoms with E-state index in [-0.39, 0.29) is 17.9 Å². The zero-order valence-electron chi connectivity index (χ0n) is 10.0. The Kier molecular flexibility index (Phi) is 4.84. The number of aldehydes is 1. The normalized spacial score (nSPS) is 11.7. The lowest BCUT2D eigenvalue weighted by atomic mass is 10.0. The minimum absolute atomic E-state index is 0.137. The smallest absolute Gasteiger partial charge is 0.240 e. The molecule has 4 nitrogen and oxygen atoms in total. The molecule has 0 unspecified atom stereocenters. The summed E-state index contributed by atoms with van der Waals surface area (Å²) < 4.78 is 25.9. The van der Waals surface area contributed by atoms with Gasteiger partial charge in [-0.25, -0.2) is 13.1 Å². The average molecular weight is 255 g/mol. The molecule has 17 heavy (non-hydrogen) atoms. The van der Waals surface area contributed by atoms with Gasteiger partial charge in [-0.2, -0.15) is 0 Å². The van der Waals surface area contributed by atoms with Crippen molar-refractivity contribution in [2.75, 3.05) is 6.54 Å². The van der Waals surface area contributed by atoms with Crippen LogP contribution in [-0.2, 0) is 14.8 Å². The lowest BCUT2D eigenvalue weighted by Crippen LogP contribution is -2.24. The number of hydrogen-bond acceptors (Lipinski definition) is 3. The molecule has 94 valence electrons. The summed E-state index contributed by atoms with van der Waals surface area (Å²) in [6, 6.07) is 6.77. The molecule has 0 atom stereocenters. The van der Waals surface area contributed by atoms with Crippen LogP contribution in [0, 0.1) is 0 Å². The lowest BCUT2D eigenvalue weighted by Gasteiger charge is -2.08. The lowest BCUT2D eigenvalue weighted by molar-refractivity contribution is -0.107. The molecule has 0 spiro atoms. The van der Waals surface area contributed by atoms with Crippen LogP contribution in [0.2, 0.25) is 0 Å². The second-order valence-electron chi connectivity index (χ2n) is 4.08. The van der Waals surface area contributed by atoms with Gasteiger partial charge >= 0.3 is 0 Å². The fraction of sp³-hybridized carbons (Fsp3) is 0.417. The number of carbonyl (C=O) groups excluding carboxylic acids is 1. The molecule has 0 aliphatic rings. The Morgan fingerprint density at radius 1 is 1.24 bits per heavy atom. The van der Waals surface area contributed by atoms with Gasteiger partial charge in [0.1, 0.15) is 6.29 Å². The highest BCUT2D eigenvalue weighted by atomic mass is 32.2. The van der Waals surface area contributed by atoms with E-state index in [1.54, 1.807) is 24.3 Å². The summed E-state index contributed by atoms with van der Waals surface area (Å²) in [4.78, 5) is 10.3. The zero-order chi connectivity index (χ0) is 12.9. The molecular formula is C12H17NO3S. The van der Waals surface area contributed by atoms with Gasteiger partial charge in [0.15, 0.2) is 0 Å². The van der Waals surface area contributed by atoms with E-state index in [1.807, 2.05) is 13.8 Å². The predicted octanol–water partition coefficient (Wildman–Crippen LogP) is 1.68. The molecule has 0 aliphatic carbocycles. The van der Waals surface area contributed by atoms with Crippen LogP contribution in [0.15, 0.2) is 29.2 Å². The van der Waals surface area contributed by atoms with Gasteiger partial charge in [-0.3, -0.25) is 0 Å². The van der Waals surface area contributed by atoms with E-state index < -0.39 is 10.0 Å². The molecule has 0 amide bonds. The van der Waals surface area contributed by atoms with Crippen LogP contribution in [0.3, 0.4) is 0 Å². The maximum Gasteiger partial charge on any atom is 0.240 e. The second kappa shape index (κ2) is 5.93. The molecule has 0 aromatic heterocycles. The van der Waals surface area contributed by atoms with Crippen LogP contribution < -0.4 is 4.72 Å². The minimum Gasteiger partial charge on any atom is -0.303 e. The van der Waals surface area contributed by atoms with Crippen LogP contribution >= 0.6 is 0 Å². The quantitative estimate of drug-likeness (QED) is 0.621. The Labute approximate surface area is 102 Å². The monoisotopic (exact) mass is 255 g/mol. The molecule has 0 saturated carbocycles. The van der Waals surface area contributed by atoms with Gasteiger partial charge in [-0.1, -0.05) is 26.0 Å². The van der Waals surface area contributed by atoms with Gasteiger partial charge < -0.3 is 4.79 Å². The summed E-state index contributed by atoms with van der Waals surface area (Å²) in [5.74, 6) is 0.370. The summed E-state index contributed by atoms with van der Waals surface area (Å²) in [6.07, 6.45) is 0.869. The number of rotatable bonds is 6. The van der Waals surface area contributed by atoms with Gasteiger partial charge in [0.05, 0.1) is 4.90 Å². The highest BCUT2D eigenvalue weighted by Gasteiger charge is 2.13. The van der Waals surface area contributed by atoms with Crippen molar-refractivity contribution in [1.82, 2.24) is 4.72 Å². The molecule has 0 radical (unpaired) electrons. The number of benzene rings is 1. The largest absolute Gasteiger partial charge is 0.303 e. The van der Waals surface area contributed by atoms with Crippen molar-refractivity contribution in [3.63, 3.8) is 0 Å². The van der Waals surface area contributed by atoms with Crippen LogP contribution in [0.25, 0.3) is 0 Å². The summed E-state index contributed by atoms with van der Waals surface area (Å²) in [6.45, 7) is 4.23. The Hall–Kier alpha value is -1.20. The van der Waals surface area contributed by atoms with Crippen molar-refractivity contribution in [2.45, 2.75) is 31.1 Å². The van der Waals surface area contributed by atoms with E-state index >= 15 is 0 Å². The molecular weight excluding hydrogens is 238 g/mol. The Bertz CT molecular complexity index is 463. The van der Waals surface area contributed by atoms with Crippen LogP contribution in [0.5, 0.6) is 0 Å². The summed E-state index contributed by atoms with van der Waals surface area (Å²) >= 11 is 0. The third kappa shape index (κ3) is 3.94. The molecule has 1 rings (SSSR count). The van der Waals surface area contributed by atoms with E-state index in [2.05, 4.69) is 4.72 Å². The maximum absolute atomic E-state index is 11.8. The van der Waals surface area contributed by atoms with Gasteiger partial charge in [-0.05, 0) is 23.6 Å². The Morgan fingerprint density at radius 3 is 2.29 bits per heavy atom. The van der Waals surface area contributed by atoms with E-state index in [0.717, 1.165) is 5.56 Å². The Balaban J connectivity index is 2.81. The topological polar surface area (TPSA) is 63.2 Å². The van der Waals surface area contributed by atoms with E-state index in [1.165, 1.54) is 0 Å². The van der Waals surface area contributed by atoms with E-state index in [0.29, 0.717) is 12.2 Å². The molecule has 0 aliphatic heterocycles. The summed E-state index contributed by atoms with van der Waals surface area (Å²) in [5.41, 5.74) is 1.09. The van der Waals surface area contributed by atoms with Gasteiger partial charge in [0.25, 0.3) is 0 Å².